The molecule has 0 amide bonds. The molecular weight excluding hydrogens is 647 g/mol. The lowest BCUT2D eigenvalue weighted by atomic mass is 9.96. The largest absolute Gasteiger partial charge is 0.456 e. The van der Waals surface area contributed by atoms with E-state index in [1.54, 1.807) is 0 Å². The predicted molar refractivity (Wildman–Crippen MR) is 217 cm³/mol. The lowest BCUT2D eigenvalue weighted by Gasteiger charge is -2.13. The molecule has 0 atom stereocenters. The van der Waals surface area contributed by atoms with Gasteiger partial charge in [0.05, 0.1) is 0 Å². The molecule has 0 aliphatic heterocycles. The summed E-state index contributed by atoms with van der Waals surface area (Å²) in [6.07, 6.45) is 0. The minimum Gasteiger partial charge on any atom is -0.456 e. The topological polar surface area (TPSA) is 51.8 Å². The fourth-order valence-electron chi connectivity index (χ4n) is 7.32. The van der Waals surface area contributed by atoms with Crippen molar-refractivity contribution < 1.29 is 4.42 Å². The Morgan fingerprint density at radius 2 is 0.830 bits per heavy atom. The average molecular weight is 678 g/mol. The first-order valence-electron chi connectivity index (χ1n) is 17.8. The third kappa shape index (κ3) is 5.63. The van der Waals surface area contributed by atoms with Gasteiger partial charge in [0.1, 0.15) is 11.2 Å². The molecule has 2 aromatic heterocycles. The van der Waals surface area contributed by atoms with Gasteiger partial charge in [-0.1, -0.05) is 164 Å². The lowest BCUT2D eigenvalue weighted by Crippen LogP contribution is -2.01. The van der Waals surface area contributed by atoms with Gasteiger partial charge >= 0.3 is 0 Å². The van der Waals surface area contributed by atoms with Crippen LogP contribution >= 0.6 is 0 Å². The van der Waals surface area contributed by atoms with Crippen LogP contribution in [0.15, 0.2) is 192 Å². The Morgan fingerprint density at radius 1 is 0.302 bits per heavy atom. The third-order valence-electron chi connectivity index (χ3n) is 9.93. The normalized spacial score (nSPS) is 11.4. The Hall–Kier alpha value is -7.17. The Morgan fingerprint density at radius 3 is 1.60 bits per heavy atom. The first kappa shape index (κ1) is 30.6. The Bertz CT molecular complexity index is 2930. The van der Waals surface area contributed by atoms with E-state index in [4.69, 9.17) is 19.4 Å². The monoisotopic (exact) mass is 677 g/mol. The van der Waals surface area contributed by atoms with E-state index in [-0.39, 0.29) is 0 Å². The van der Waals surface area contributed by atoms with Gasteiger partial charge in [0.15, 0.2) is 17.5 Å². The van der Waals surface area contributed by atoms with Crippen LogP contribution < -0.4 is 0 Å². The van der Waals surface area contributed by atoms with Gasteiger partial charge in [-0.2, -0.15) is 0 Å². The van der Waals surface area contributed by atoms with E-state index in [0.29, 0.717) is 17.5 Å². The summed E-state index contributed by atoms with van der Waals surface area (Å²) < 4.78 is 6.42. The number of hydrogen-bond acceptors (Lipinski definition) is 4. The number of benzene rings is 8. The predicted octanol–water partition coefficient (Wildman–Crippen LogP) is 12.9. The molecule has 0 unspecified atom stereocenters. The molecule has 0 spiro atoms. The van der Waals surface area contributed by atoms with Crippen molar-refractivity contribution in [1.82, 2.24) is 15.0 Å². The molecule has 4 heteroatoms. The van der Waals surface area contributed by atoms with Crippen molar-refractivity contribution in [3.8, 4) is 67.5 Å². The van der Waals surface area contributed by atoms with Crippen LogP contribution in [0.3, 0.4) is 0 Å². The number of aromatic nitrogens is 3. The van der Waals surface area contributed by atoms with Crippen LogP contribution in [-0.4, -0.2) is 15.0 Å². The van der Waals surface area contributed by atoms with Gasteiger partial charge in [0.25, 0.3) is 0 Å². The number of nitrogens with zero attached hydrogens (tertiary/aromatic N) is 3. The lowest BCUT2D eigenvalue weighted by molar-refractivity contribution is 0.669. The van der Waals surface area contributed by atoms with Crippen molar-refractivity contribution >= 4 is 32.7 Å². The van der Waals surface area contributed by atoms with Gasteiger partial charge in [-0.15, -0.1) is 0 Å². The van der Waals surface area contributed by atoms with E-state index in [2.05, 4.69) is 164 Å². The molecule has 10 aromatic rings. The zero-order valence-corrected chi connectivity index (χ0v) is 28.6. The van der Waals surface area contributed by atoms with Crippen molar-refractivity contribution in [1.29, 1.82) is 0 Å². The quantitative estimate of drug-likeness (QED) is 0.176. The number of rotatable bonds is 6. The van der Waals surface area contributed by atoms with E-state index in [1.165, 1.54) is 10.9 Å². The second-order valence-corrected chi connectivity index (χ2v) is 13.2. The molecule has 53 heavy (non-hydrogen) atoms. The first-order chi connectivity index (χ1) is 26.2. The minimum absolute atomic E-state index is 0.608. The summed E-state index contributed by atoms with van der Waals surface area (Å²) >= 11 is 0. The van der Waals surface area contributed by atoms with Crippen LogP contribution in [0.5, 0.6) is 0 Å². The van der Waals surface area contributed by atoms with Crippen LogP contribution in [0.2, 0.25) is 0 Å². The van der Waals surface area contributed by atoms with Crippen molar-refractivity contribution in [3.63, 3.8) is 0 Å². The molecule has 0 bridgehead atoms. The summed E-state index contributed by atoms with van der Waals surface area (Å²) in [6.45, 7) is 0. The van der Waals surface area contributed by atoms with Gasteiger partial charge in [0.2, 0.25) is 0 Å². The zero-order valence-electron chi connectivity index (χ0n) is 28.6. The van der Waals surface area contributed by atoms with E-state index in [0.717, 1.165) is 71.8 Å². The van der Waals surface area contributed by atoms with Gasteiger partial charge in [-0.3, -0.25) is 0 Å². The Kier molecular flexibility index (Phi) is 7.43. The first-order valence-corrected chi connectivity index (χ1v) is 17.8. The highest BCUT2D eigenvalue weighted by Crippen LogP contribution is 2.40. The number of furan rings is 1. The standard InChI is InChI=1S/C49H31N3O/c1-3-13-32(14-4-1)33-25-27-35(28-26-33)47-50-48(52-49(51-47)42-22-10-9-21-40(42)34-15-5-2-6-16-34)39-20-11-19-38(29-39)41-23-12-24-44-46(41)43-30-36-17-7-8-18-37(36)31-45(43)53-44/h1-31H. The van der Waals surface area contributed by atoms with Gasteiger partial charge in [-0.25, -0.2) is 15.0 Å². The molecule has 2 heterocycles. The molecule has 0 aliphatic rings. The molecule has 0 saturated carbocycles. The second-order valence-electron chi connectivity index (χ2n) is 13.2. The second kappa shape index (κ2) is 12.9. The number of hydrogen-bond donors (Lipinski definition) is 0. The van der Waals surface area contributed by atoms with Crippen LogP contribution in [0.25, 0.3) is 100 Å². The summed E-state index contributed by atoms with van der Waals surface area (Å²) in [5.41, 5.74) is 11.1. The molecule has 0 saturated heterocycles. The van der Waals surface area contributed by atoms with E-state index >= 15 is 0 Å². The van der Waals surface area contributed by atoms with Crippen molar-refractivity contribution in [2.24, 2.45) is 0 Å². The van der Waals surface area contributed by atoms with Gasteiger partial charge in [-0.05, 0) is 68.4 Å². The molecule has 0 radical (unpaired) electrons. The van der Waals surface area contributed by atoms with E-state index in [1.807, 2.05) is 24.3 Å². The highest BCUT2D eigenvalue weighted by atomic mass is 16.3. The minimum atomic E-state index is 0.608. The van der Waals surface area contributed by atoms with E-state index in [9.17, 15) is 0 Å². The van der Waals surface area contributed by atoms with Crippen molar-refractivity contribution in [2.45, 2.75) is 0 Å². The average Bonchev–Trinajstić information content (AvgIpc) is 3.61. The van der Waals surface area contributed by atoms with Crippen LogP contribution in [0.1, 0.15) is 0 Å². The SMILES string of the molecule is c1ccc(-c2ccc(-c3nc(-c4cccc(-c5cccc6oc7cc8ccccc8cc7c56)c4)nc(-c4ccccc4-c4ccccc4)n3)cc2)cc1. The van der Waals surface area contributed by atoms with Crippen LogP contribution in [0, 0.1) is 0 Å². The molecule has 0 fully saturated rings. The molecule has 248 valence electrons. The Balaban J connectivity index is 1.14. The van der Waals surface area contributed by atoms with Crippen LogP contribution in [-0.2, 0) is 0 Å². The van der Waals surface area contributed by atoms with Crippen LogP contribution in [0.4, 0.5) is 0 Å². The zero-order chi connectivity index (χ0) is 35.1. The fourth-order valence-corrected chi connectivity index (χ4v) is 7.32. The van der Waals surface area contributed by atoms with E-state index < -0.39 is 0 Å². The smallest absolute Gasteiger partial charge is 0.164 e. The van der Waals surface area contributed by atoms with Crippen molar-refractivity contribution in [3.05, 3.63) is 188 Å². The highest BCUT2D eigenvalue weighted by molar-refractivity contribution is 6.15. The summed E-state index contributed by atoms with van der Waals surface area (Å²) in [6, 6.07) is 65.1. The molecule has 10 rings (SSSR count). The maximum Gasteiger partial charge on any atom is 0.164 e. The fraction of sp³-hybridized carbons (Fsp3) is 0. The summed E-state index contributed by atoms with van der Waals surface area (Å²) in [4.78, 5) is 15.4. The summed E-state index contributed by atoms with van der Waals surface area (Å²) in [5.74, 6) is 1.85. The Labute approximate surface area is 306 Å². The summed E-state index contributed by atoms with van der Waals surface area (Å²) in [7, 11) is 0. The maximum absolute atomic E-state index is 6.42. The third-order valence-corrected chi connectivity index (χ3v) is 9.93. The molecule has 8 aromatic carbocycles. The maximum atomic E-state index is 6.42. The molecule has 4 nitrogen and oxygen atoms in total. The molecular formula is C49H31N3O. The molecule has 0 N–H and O–H groups in total. The van der Waals surface area contributed by atoms with Gasteiger partial charge in [0, 0.05) is 27.5 Å². The van der Waals surface area contributed by atoms with Crippen molar-refractivity contribution in [2.75, 3.05) is 0 Å². The van der Waals surface area contributed by atoms with Gasteiger partial charge < -0.3 is 4.42 Å². The highest BCUT2D eigenvalue weighted by Gasteiger charge is 2.18. The summed E-state index contributed by atoms with van der Waals surface area (Å²) in [5, 5.41) is 4.54. The number of fused-ring (bicyclic) bond motifs is 4. The molecule has 0 aliphatic carbocycles.